The molecule has 2 aromatic carbocycles. The van der Waals surface area contributed by atoms with Crippen molar-refractivity contribution in [3.63, 3.8) is 0 Å². The predicted molar refractivity (Wildman–Crippen MR) is 94.0 cm³/mol. The summed E-state index contributed by atoms with van der Waals surface area (Å²) in [7, 11) is 0. The first-order valence-corrected chi connectivity index (χ1v) is 8.49. The molecular weight excluding hydrogens is 413 g/mol. The van der Waals surface area contributed by atoms with Gasteiger partial charge in [-0.05, 0) is 36.8 Å². The molecule has 1 fully saturated rings. The van der Waals surface area contributed by atoms with Gasteiger partial charge in [0.15, 0.2) is 11.6 Å². The van der Waals surface area contributed by atoms with Crippen molar-refractivity contribution in [2.75, 3.05) is 11.9 Å². The zero-order valence-electron chi connectivity index (χ0n) is 15.3. The maximum absolute atomic E-state index is 13.5. The Balaban J connectivity index is 1.79. The SMILES string of the molecule is C[C@@]1(c2ccc(F)c(F)c2)NC(=O)N(CC(=O)Nc2ccccc2C(F)(F)F)C1=O. The number of benzene rings is 2. The molecule has 0 bridgehead atoms. The Morgan fingerprint density at radius 2 is 1.77 bits per heavy atom. The van der Waals surface area contributed by atoms with Crippen molar-refractivity contribution in [3.05, 3.63) is 65.2 Å². The lowest BCUT2D eigenvalue weighted by atomic mass is 9.92. The van der Waals surface area contributed by atoms with Crippen molar-refractivity contribution < 1.29 is 36.3 Å². The summed E-state index contributed by atoms with van der Waals surface area (Å²) in [5, 5.41) is 4.31. The Hall–Kier alpha value is -3.50. The Bertz CT molecular complexity index is 1040. The standard InChI is InChI=1S/C19H14F5N3O3/c1-18(10-6-7-12(20)13(21)8-10)16(29)27(17(30)26-18)9-15(28)25-14-5-3-2-4-11(14)19(22,23)24/h2-8H,9H2,1H3,(H,25,28)(H,26,30)/t18-/m0/s1. The zero-order valence-corrected chi connectivity index (χ0v) is 15.3. The van der Waals surface area contributed by atoms with E-state index in [-0.39, 0.29) is 5.56 Å². The number of halogens is 5. The number of hydrogen-bond donors (Lipinski definition) is 2. The Kier molecular flexibility index (Phi) is 5.23. The van der Waals surface area contributed by atoms with Crippen LogP contribution in [0.4, 0.5) is 32.4 Å². The number of carbonyl (C=O) groups excluding carboxylic acids is 3. The first kappa shape index (κ1) is 21.2. The molecule has 6 nitrogen and oxygen atoms in total. The second kappa shape index (κ2) is 7.39. The van der Waals surface area contributed by atoms with E-state index in [0.717, 1.165) is 36.4 Å². The summed E-state index contributed by atoms with van der Waals surface area (Å²) in [6.45, 7) is 0.354. The van der Waals surface area contributed by atoms with Crippen molar-refractivity contribution in [2.24, 2.45) is 0 Å². The van der Waals surface area contributed by atoms with E-state index in [1.807, 2.05) is 5.32 Å². The van der Waals surface area contributed by atoms with E-state index in [1.54, 1.807) is 0 Å². The van der Waals surface area contributed by atoms with Crippen molar-refractivity contribution in [3.8, 4) is 0 Å². The van der Waals surface area contributed by atoms with Crippen LogP contribution >= 0.6 is 0 Å². The summed E-state index contributed by atoms with van der Waals surface area (Å²) < 4.78 is 65.8. The fourth-order valence-corrected chi connectivity index (χ4v) is 3.02. The number of carbonyl (C=O) groups is 3. The number of anilines is 1. The molecule has 4 amide bonds. The Morgan fingerprint density at radius 3 is 2.40 bits per heavy atom. The average molecular weight is 427 g/mol. The molecular formula is C19H14F5N3O3. The minimum absolute atomic E-state index is 0.0647. The molecule has 30 heavy (non-hydrogen) atoms. The lowest BCUT2D eigenvalue weighted by Crippen LogP contribution is -2.42. The van der Waals surface area contributed by atoms with Crippen molar-refractivity contribution in [2.45, 2.75) is 18.6 Å². The molecule has 3 rings (SSSR count). The van der Waals surface area contributed by atoms with Gasteiger partial charge in [0, 0.05) is 0 Å². The number of hydrogen-bond acceptors (Lipinski definition) is 3. The molecule has 0 unspecified atom stereocenters. The molecule has 2 aromatic rings. The van der Waals surface area contributed by atoms with Crippen LogP contribution < -0.4 is 10.6 Å². The molecule has 0 aliphatic carbocycles. The van der Waals surface area contributed by atoms with Gasteiger partial charge in [-0.25, -0.2) is 13.6 Å². The zero-order chi connectivity index (χ0) is 22.3. The van der Waals surface area contributed by atoms with E-state index in [0.29, 0.717) is 4.90 Å². The lowest BCUT2D eigenvalue weighted by molar-refractivity contribution is -0.137. The normalized spacial score (nSPS) is 19.1. The van der Waals surface area contributed by atoms with Crippen LogP contribution in [0.3, 0.4) is 0 Å². The number of nitrogens with one attached hydrogen (secondary N) is 2. The molecule has 1 saturated heterocycles. The average Bonchev–Trinajstić information content (AvgIpc) is 2.87. The molecule has 1 aliphatic heterocycles. The third-order valence-corrected chi connectivity index (χ3v) is 4.58. The van der Waals surface area contributed by atoms with Gasteiger partial charge in [-0.1, -0.05) is 18.2 Å². The Morgan fingerprint density at radius 1 is 1.10 bits per heavy atom. The van der Waals surface area contributed by atoms with Crippen molar-refractivity contribution in [1.29, 1.82) is 0 Å². The number of alkyl halides is 3. The second-order valence-corrected chi connectivity index (χ2v) is 6.67. The van der Waals surface area contributed by atoms with Crippen LogP contribution in [0, 0.1) is 11.6 Å². The molecule has 11 heteroatoms. The number of nitrogens with zero attached hydrogens (tertiary/aromatic N) is 1. The second-order valence-electron chi connectivity index (χ2n) is 6.67. The highest BCUT2D eigenvalue weighted by Crippen LogP contribution is 2.35. The molecule has 0 aromatic heterocycles. The van der Waals surface area contributed by atoms with E-state index < -0.39 is 59.0 Å². The van der Waals surface area contributed by atoms with Gasteiger partial charge >= 0.3 is 12.2 Å². The van der Waals surface area contributed by atoms with Gasteiger partial charge in [0.25, 0.3) is 5.91 Å². The van der Waals surface area contributed by atoms with Crippen LogP contribution in [0.2, 0.25) is 0 Å². The van der Waals surface area contributed by atoms with Crippen LogP contribution in [0.1, 0.15) is 18.1 Å². The van der Waals surface area contributed by atoms with Crippen LogP contribution in [0.5, 0.6) is 0 Å². The van der Waals surface area contributed by atoms with Crippen LogP contribution in [0.15, 0.2) is 42.5 Å². The molecule has 1 atom stereocenters. The molecule has 0 saturated carbocycles. The van der Waals surface area contributed by atoms with Gasteiger partial charge < -0.3 is 10.6 Å². The maximum Gasteiger partial charge on any atom is 0.418 e. The number of urea groups is 1. The maximum atomic E-state index is 13.5. The van der Waals surface area contributed by atoms with Gasteiger partial charge in [0.1, 0.15) is 12.1 Å². The number of para-hydroxylation sites is 1. The number of amides is 4. The van der Waals surface area contributed by atoms with E-state index in [2.05, 4.69) is 5.32 Å². The van der Waals surface area contributed by atoms with Gasteiger partial charge in [0.2, 0.25) is 5.91 Å². The van der Waals surface area contributed by atoms with E-state index in [1.165, 1.54) is 13.0 Å². The van der Waals surface area contributed by atoms with Gasteiger partial charge in [0.05, 0.1) is 11.3 Å². The quantitative estimate of drug-likeness (QED) is 0.580. The summed E-state index contributed by atoms with van der Waals surface area (Å²) in [5.74, 6) is -4.39. The largest absolute Gasteiger partial charge is 0.418 e. The third kappa shape index (κ3) is 3.82. The third-order valence-electron chi connectivity index (χ3n) is 4.58. The number of imide groups is 1. The first-order valence-electron chi connectivity index (χ1n) is 8.49. The molecule has 0 spiro atoms. The minimum Gasteiger partial charge on any atom is -0.324 e. The van der Waals surface area contributed by atoms with Gasteiger partial charge in [-0.2, -0.15) is 13.2 Å². The van der Waals surface area contributed by atoms with Crippen molar-refractivity contribution >= 4 is 23.5 Å². The summed E-state index contributed by atoms with van der Waals surface area (Å²) in [6.07, 6.45) is -4.73. The smallest absolute Gasteiger partial charge is 0.324 e. The molecule has 1 heterocycles. The molecule has 158 valence electrons. The predicted octanol–water partition coefficient (Wildman–Crippen LogP) is 3.39. The monoisotopic (exact) mass is 427 g/mol. The highest BCUT2D eigenvalue weighted by Gasteiger charge is 2.49. The minimum atomic E-state index is -4.73. The van der Waals surface area contributed by atoms with Crippen molar-refractivity contribution in [1.82, 2.24) is 10.2 Å². The molecule has 2 N–H and O–H groups in total. The van der Waals surface area contributed by atoms with Crippen LogP contribution in [-0.4, -0.2) is 29.3 Å². The molecule has 1 aliphatic rings. The van der Waals surface area contributed by atoms with E-state index >= 15 is 0 Å². The van der Waals surface area contributed by atoms with Gasteiger partial charge in [-0.15, -0.1) is 0 Å². The fourth-order valence-electron chi connectivity index (χ4n) is 3.02. The lowest BCUT2D eigenvalue weighted by Gasteiger charge is -2.22. The summed E-state index contributed by atoms with van der Waals surface area (Å²) in [5.41, 5.74) is -3.48. The molecule has 0 radical (unpaired) electrons. The van der Waals surface area contributed by atoms with E-state index in [4.69, 9.17) is 0 Å². The summed E-state index contributed by atoms with van der Waals surface area (Å²) >= 11 is 0. The van der Waals surface area contributed by atoms with E-state index in [9.17, 15) is 36.3 Å². The highest BCUT2D eigenvalue weighted by atomic mass is 19.4. The highest BCUT2D eigenvalue weighted by molar-refractivity contribution is 6.10. The summed E-state index contributed by atoms with van der Waals surface area (Å²) in [4.78, 5) is 37.6. The van der Waals surface area contributed by atoms with Crippen LogP contribution in [-0.2, 0) is 21.3 Å². The fraction of sp³-hybridized carbons (Fsp3) is 0.211. The Labute approximate surface area is 166 Å². The number of rotatable bonds is 4. The van der Waals surface area contributed by atoms with Crippen LogP contribution in [0.25, 0.3) is 0 Å². The van der Waals surface area contributed by atoms with Gasteiger partial charge in [-0.3, -0.25) is 14.5 Å². The summed E-state index contributed by atoms with van der Waals surface area (Å²) in [6, 6.07) is 5.81. The topological polar surface area (TPSA) is 78.5 Å². The first-order chi connectivity index (χ1) is 13.9.